The van der Waals surface area contributed by atoms with Crippen molar-refractivity contribution in [2.75, 3.05) is 20.3 Å². The Morgan fingerprint density at radius 1 is 1.06 bits per heavy atom. The summed E-state index contributed by atoms with van der Waals surface area (Å²) in [4.78, 5) is 40.8. The van der Waals surface area contributed by atoms with Crippen LogP contribution in [0.2, 0.25) is 0 Å². The van der Waals surface area contributed by atoms with Crippen molar-refractivity contribution in [3.8, 4) is 11.1 Å². The Hall–Kier alpha value is -3.39. The van der Waals surface area contributed by atoms with Gasteiger partial charge in [-0.05, 0) is 35.6 Å². The molecule has 0 bridgehead atoms. The number of nitrogens with zero attached hydrogens (tertiary/aromatic N) is 1. The van der Waals surface area contributed by atoms with Crippen molar-refractivity contribution in [2.45, 2.75) is 31.7 Å². The third-order valence-corrected chi connectivity index (χ3v) is 5.57. The number of ether oxygens (including phenoxy) is 1. The predicted octanol–water partition coefficient (Wildman–Crippen LogP) is 3.17. The van der Waals surface area contributed by atoms with Gasteiger partial charge in [-0.1, -0.05) is 55.5 Å². The SMILES string of the molecule is CCC(C)(NC(=O)OCC1c2ccccc2-c2ccccc21)C(=O)N(C)OCC(=O)O. The quantitative estimate of drug-likeness (QED) is 0.628. The van der Waals surface area contributed by atoms with Gasteiger partial charge in [0.05, 0.1) is 0 Å². The van der Waals surface area contributed by atoms with Crippen LogP contribution >= 0.6 is 0 Å². The number of likely N-dealkylation sites (N-methyl/N-ethyl adjacent to an activating group) is 1. The fourth-order valence-corrected chi connectivity index (χ4v) is 3.71. The highest BCUT2D eigenvalue weighted by atomic mass is 16.7. The van der Waals surface area contributed by atoms with E-state index in [1.54, 1.807) is 6.92 Å². The molecule has 1 atom stereocenters. The van der Waals surface area contributed by atoms with Crippen molar-refractivity contribution in [3.63, 3.8) is 0 Å². The Morgan fingerprint density at radius 3 is 2.13 bits per heavy atom. The maximum Gasteiger partial charge on any atom is 0.408 e. The van der Waals surface area contributed by atoms with Gasteiger partial charge in [0.1, 0.15) is 12.1 Å². The van der Waals surface area contributed by atoms with Gasteiger partial charge in [0, 0.05) is 13.0 Å². The molecule has 1 aliphatic rings. The summed E-state index contributed by atoms with van der Waals surface area (Å²) in [5.41, 5.74) is 3.12. The van der Waals surface area contributed by atoms with Crippen LogP contribution in [0, 0.1) is 0 Å². The van der Waals surface area contributed by atoms with Crippen molar-refractivity contribution in [3.05, 3.63) is 59.7 Å². The molecule has 8 nitrogen and oxygen atoms in total. The molecule has 0 fully saturated rings. The topological polar surface area (TPSA) is 105 Å². The van der Waals surface area contributed by atoms with Gasteiger partial charge in [0.15, 0.2) is 6.61 Å². The van der Waals surface area contributed by atoms with Crippen molar-refractivity contribution >= 4 is 18.0 Å². The summed E-state index contributed by atoms with van der Waals surface area (Å²) >= 11 is 0. The molecule has 2 aromatic rings. The maximum atomic E-state index is 12.7. The van der Waals surface area contributed by atoms with E-state index in [9.17, 15) is 14.4 Å². The second kappa shape index (κ2) is 9.18. The second-order valence-corrected chi connectivity index (χ2v) is 7.61. The number of hydrogen-bond donors (Lipinski definition) is 2. The average Bonchev–Trinajstić information content (AvgIpc) is 3.09. The van der Waals surface area contributed by atoms with E-state index in [-0.39, 0.29) is 18.9 Å². The minimum absolute atomic E-state index is 0.0942. The first-order valence-electron chi connectivity index (χ1n) is 10.0. The number of hydroxylamine groups is 2. The summed E-state index contributed by atoms with van der Waals surface area (Å²) in [6.07, 6.45) is -0.470. The third-order valence-electron chi connectivity index (χ3n) is 5.57. The van der Waals surface area contributed by atoms with E-state index in [4.69, 9.17) is 14.7 Å². The van der Waals surface area contributed by atoms with Crippen LogP contribution in [-0.2, 0) is 19.2 Å². The zero-order valence-corrected chi connectivity index (χ0v) is 17.8. The summed E-state index contributed by atoms with van der Waals surface area (Å²) in [6.45, 7) is 2.73. The molecule has 0 radical (unpaired) electrons. The number of carboxylic acids is 1. The summed E-state index contributed by atoms with van der Waals surface area (Å²) in [7, 11) is 1.30. The highest BCUT2D eigenvalue weighted by Gasteiger charge is 2.37. The molecule has 0 aromatic heterocycles. The second-order valence-electron chi connectivity index (χ2n) is 7.61. The number of carboxylic acid groups (broad SMARTS) is 1. The van der Waals surface area contributed by atoms with Gasteiger partial charge in [-0.3, -0.25) is 9.63 Å². The van der Waals surface area contributed by atoms with E-state index in [2.05, 4.69) is 5.32 Å². The fraction of sp³-hybridized carbons (Fsp3) is 0.348. The molecule has 3 rings (SSSR count). The fourth-order valence-electron chi connectivity index (χ4n) is 3.71. The molecule has 1 unspecified atom stereocenters. The van der Waals surface area contributed by atoms with Crippen LogP contribution in [-0.4, -0.2) is 53.9 Å². The lowest BCUT2D eigenvalue weighted by Gasteiger charge is -2.31. The zero-order valence-electron chi connectivity index (χ0n) is 17.8. The Labute approximate surface area is 180 Å². The van der Waals surface area contributed by atoms with Crippen LogP contribution in [0.25, 0.3) is 11.1 Å². The Kier molecular flexibility index (Phi) is 6.60. The Morgan fingerprint density at radius 2 is 1.61 bits per heavy atom. The molecule has 2 aromatic carbocycles. The van der Waals surface area contributed by atoms with Crippen LogP contribution < -0.4 is 5.32 Å². The van der Waals surface area contributed by atoms with Gasteiger partial charge in [-0.15, -0.1) is 0 Å². The molecule has 0 saturated carbocycles. The lowest BCUT2D eigenvalue weighted by Crippen LogP contribution is -2.57. The molecule has 164 valence electrons. The Balaban J connectivity index is 1.66. The molecule has 0 heterocycles. The van der Waals surface area contributed by atoms with E-state index < -0.39 is 30.1 Å². The van der Waals surface area contributed by atoms with Crippen LogP contribution in [0.3, 0.4) is 0 Å². The summed E-state index contributed by atoms with van der Waals surface area (Å²) in [5.74, 6) is -1.88. The molecule has 1 aliphatic carbocycles. The Bertz CT molecular complexity index is 946. The minimum Gasteiger partial charge on any atom is -0.479 e. The number of alkyl carbamates (subject to hydrolysis) is 1. The lowest BCUT2D eigenvalue weighted by atomic mass is 9.97. The molecule has 0 saturated heterocycles. The molecule has 2 amide bonds. The van der Waals surface area contributed by atoms with Crippen LogP contribution in [0.1, 0.15) is 37.3 Å². The van der Waals surface area contributed by atoms with Crippen LogP contribution in [0.5, 0.6) is 0 Å². The highest BCUT2D eigenvalue weighted by Crippen LogP contribution is 2.44. The molecule has 8 heteroatoms. The van der Waals surface area contributed by atoms with Gasteiger partial charge >= 0.3 is 12.1 Å². The van der Waals surface area contributed by atoms with Gasteiger partial charge in [-0.2, -0.15) is 0 Å². The van der Waals surface area contributed by atoms with Crippen molar-refractivity contribution in [1.29, 1.82) is 0 Å². The minimum atomic E-state index is -1.31. The first kappa shape index (κ1) is 22.3. The van der Waals surface area contributed by atoms with E-state index >= 15 is 0 Å². The number of carbonyl (C=O) groups excluding carboxylic acids is 2. The first-order valence-corrected chi connectivity index (χ1v) is 10.0. The monoisotopic (exact) mass is 426 g/mol. The summed E-state index contributed by atoms with van der Waals surface area (Å²) < 4.78 is 5.51. The van der Waals surface area contributed by atoms with Gasteiger partial charge in [0.2, 0.25) is 0 Å². The lowest BCUT2D eigenvalue weighted by molar-refractivity contribution is -0.190. The van der Waals surface area contributed by atoms with E-state index in [1.807, 2.05) is 48.5 Å². The standard InChI is InChI=1S/C23H26N2O6/c1-4-23(2,21(28)25(3)31-14-20(26)27)24-22(29)30-13-19-17-11-7-5-9-15(17)16-10-6-8-12-18(16)19/h5-12,19H,4,13-14H2,1-3H3,(H,24,29)(H,26,27). The molecule has 31 heavy (non-hydrogen) atoms. The smallest absolute Gasteiger partial charge is 0.408 e. The summed E-state index contributed by atoms with van der Waals surface area (Å²) in [6, 6.07) is 16.0. The van der Waals surface area contributed by atoms with Crippen LogP contribution in [0.15, 0.2) is 48.5 Å². The number of aliphatic carboxylic acids is 1. The number of nitrogens with one attached hydrogen (secondary N) is 1. The van der Waals surface area contributed by atoms with Gasteiger partial charge in [-0.25, -0.2) is 14.7 Å². The summed E-state index contributed by atoms with van der Waals surface area (Å²) in [5, 5.41) is 12.1. The van der Waals surface area contributed by atoms with E-state index in [0.717, 1.165) is 27.3 Å². The number of amides is 2. The maximum absolute atomic E-state index is 12.7. The normalized spacial score (nSPS) is 14.2. The molecular weight excluding hydrogens is 400 g/mol. The van der Waals surface area contributed by atoms with Crippen molar-refractivity contribution < 1.29 is 29.1 Å². The van der Waals surface area contributed by atoms with Crippen LogP contribution in [0.4, 0.5) is 4.79 Å². The number of hydrogen-bond acceptors (Lipinski definition) is 5. The van der Waals surface area contributed by atoms with Crippen molar-refractivity contribution in [2.24, 2.45) is 0 Å². The zero-order chi connectivity index (χ0) is 22.6. The number of rotatable bonds is 8. The van der Waals surface area contributed by atoms with Gasteiger partial charge < -0.3 is 15.2 Å². The predicted molar refractivity (Wildman–Crippen MR) is 113 cm³/mol. The van der Waals surface area contributed by atoms with Crippen molar-refractivity contribution in [1.82, 2.24) is 10.4 Å². The highest BCUT2D eigenvalue weighted by molar-refractivity contribution is 5.89. The molecule has 2 N–H and O–H groups in total. The number of benzene rings is 2. The molecule has 0 aliphatic heterocycles. The largest absolute Gasteiger partial charge is 0.479 e. The average molecular weight is 426 g/mol. The molecule has 0 spiro atoms. The number of carbonyl (C=O) groups is 3. The third kappa shape index (κ3) is 4.69. The van der Waals surface area contributed by atoms with E-state index in [1.165, 1.54) is 14.0 Å². The van der Waals surface area contributed by atoms with Gasteiger partial charge in [0.25, 0.3) is 5.91 Å². The van der Waals surface area contributed by atoms with E-state index in [0.29, 0.717) is 0 Å². The molecular formula is C23H26N2O6. The first-order chi connectivity index (χ1) is 14.8. The number of fused-ring (bicyclic) bond motifs is 3.